The van der Waals surface area contributed by atoms with Gasteiger partial charge >= 0.3 is 0 Å². The zero-order valence-corrected chi connectivity index (χ0v) is 13.8. The molecule has 1 aromatic carbocycles. The molecule has 0 saturated heterocycles. The van der Waals surface area contributed by atoms with Crippen molar-refractivity contribution in [1.29, 1.82) is 0 Å². The molecule has 0 atom stereocenters. The van der Waals surface area contributed by atoms with Crippen molar-refractivity contribution in [3.05, 3.63) is 90.8 Å². The smallest absolute Gasteiger partial charge is 0.283 e. The Labute approximate surface area is 151 Å². The second-order valence-corrected chi connectivity index (χ2v) is 5.32. The number of aromatic nitrogens is 1. The highest BCUT2D eigenvalue weighted by atomic mass is 16.6. The molecule has 27 heavy (non-hydrogen) atoms. The second-order valence-electron chi connectivity index (χ2n) is 5.32. The van der Waals surface area contributed by atoms with E-state index in [-0.39, 0.29) is 0 Å². The lowest BCUT2D eigenvalue weighted by Crippen LogP contribution is -2.19. The van der Waals surface area contributed by atoms with E-state index in [9.17, 15) is 35.4 Å². The maximum Gasteiger partial charge on any atom is 0.283 e. The highest BCUT2D eigenvalue weighted by Gasteiger charge is 2.24. The van der Waals surface area contributed by atoms with Gasteiger partial charge in [-0.1, -0.05) is 0 Å². The Kier molecular flexibility index (Phi) is 5.56. The molecule has 0 bridgehead atoms. The number of hydrogen-bond acceptors (Lipinski definition) is 7. The van der Waals surface area contributed by atoms with Crippen LogP contribution in [0.2, 0.25) is 0 Å². The Hall–Kier alpha value is -4.15. The number of nitro benzene ring substituents is 3. The summed E-state index contributed by atoms with van der Waals surface area (Å²) in [5, 5.41) is 42.1. The van der Waals surface area contributed by atoms with Gasteiger partial charge in [0.2, 0.25) is 5.52 Å². The van der Waals surface area contributed by atoms with Crippen molar-refractivity contribution in [2.24, 2.45) is 0 Å². The van der Waals surface area contributed by atoms with Crippen molar-refractivity contribution in [2.75, 3.05) is 0 Å². The first-order valence-corrected chi connectivity index (χ1v) is 7.35. The Morgan fingerprint density at radius 1 is 0.815 bits per heavy atom. The molecule has 11 heteroatoms. The van der Waals surface area contributed by atoms with Crippen molar-refractivity contribution in [1.82, 2.24) is 0 Å². The van der Waals surface area contributed by atoms with Gasteiger partial charge in [0.15, 0.2) is 12.4 Å². The molecule has 11 nitrogen and oxygen atoms in total. The highest BCUT2D eigenvalue weighted by Crippen LogP contribution is 2.36. The van der Waals surface area contributed by atoms with E-state index in [1.54, 1.807) is 0 Å². The maximum absolute atomic E-state index is 11.1. The summed E-state index contributed by atoms with van der Waals surface area (Å²) < 4.78 is 2.10. The minimum absolute atomic E-state index is 0.384. The first kappa shape index (κ1) is 19.2. The third kappa shape index (κ3) is 4.48. The number of pyridine rings is 2. The molecule has 3 aromatic rings. The van der Waals surface area contributed by atoms with Crippen LogP contribution in [0.4, 0.5) is 17.1 Å². The first-order chi connectivity index (χ1) is 12.7. The lowest BCUT2D eigenvalue weighted by molar-refractivity contribution is -0.512. The van der Waals surface area contributed by atoms with Gasteiger partial charge in [0, 0.05) is 24.3 Å². The first-order valence-electron chi connectivity index (χ1n) is 7.35. The van der Waals surface area contributed by atoms with E-state index in [2.05, 4.69) is 48.0 Å². The summed E-state index contributed by atoms with van der Waals surface area (Å²) in [6.45, 7) is 2.10. The van der Waals surface area contributed by atoms with E-state index in [4.69, 9.17) is 0 Å². The standard InChI is InChI=1S/C10H10N.C6H3N3O7/c1-9-5-7-11-6-3-2-4-10(11)8-9;10-6-4(8(13)14)1-3(7(11)12)2-5(6)9(15)16/h2-8H,1H3;1-2,10H/q+1;/p-1. The molecule has 0 radical (unpaired) electrons. The Bertz CT molecular complexity index is 1020. The molecule has 2 heterocycles. The number of nitro groups is 3. The molecule has 3 rings (SSSR count). The third-order valence-corrected chi connectivity index (χ3v) is 3.44. The number of rotatable bonds is 3. The third-order valence-electron chi connectivity index (χ3n) is 3.44. The van der Waals surface area contributed by atoms with Crippen LogP contribution in [0.3, 0.4) is 0 Å². The van der Waals surface area contributed by atoms with Crippen molar-refractivity contribution in [3.63, 3.8) is 0 Å². The molecule has 0 aliphatic rings. The topological polar surface area (TPSA) is 157 Å². The van der Waals surface area contributed by atoms with Gasteiger partial charge in [0.1, 0.15) is 0 Å². The van der Waals surface area contributed by atoms with Gasteiger partial charge in [0.05, 0.1) is 32.7 Å². The Morgan fingerprint density at radius 3 is 1.93 bits per heavy atom. The van der Waals surface area contributed by atoms with Gasteiger partial charge < -0.3 is 5.11 Å². The quantitative estimate of drug-likeness (QED) is 0.387. The van der Waals surface area contributed by atoms with E-state index < -0.39 is 37.6 Å². The van der Waals surface area contributed by atoms with Crippen molar-refractivity contribution >= 4 is 22.6 Å². The van der Waals surface area contributed by atoms with Crippen LogP contribution in [-0.4, -0.2) is 14.8 Å². The number of benzene rings is 1. The fraction of sp³-hybridized carbons (Fsp3) is 0.0625. The van der Waals surface area contributed by atoms with E-state index in [0.29, 0.717) is 12.1 Å². The van der Waals surface area contributed by atoms with Crippen LogP contribution in [0, 0.1) is 37.3 Å². The zero-order chi connectivity index (χ0) is 20.1. The minimum atomic E-state index is -1.46. The van der Waals surface area contributed by atoms with Crippen molar-refractivity contribution in [3.8, 4) is 5.75 Å². The van der Waals surface area contributed by atoms with Gasteiger partial charge in [-0.05, 0) is 18.6 Å². The highest BCUT2D eigenvalue weighted by molar-refractivity contribution is 5.64. The second kappa shape index (κ2) is 7.82. The maximum atomic E-state index is 11.1. The molecule has 0 aliphatic carbocycles. The monoisotopic (exact) mass is 372 g/mol. The van der Waals surface area contributed by atoms with Crippen LogP contribution in [-0.2, 0) is 0 Å². The van der Waals surface area contributed by atoms with Crippen LogP contribution in [0.5, 0.6) is 5.75 Å². The number of non-ortho nitro benzene ring substituents is 1. The van der Waals surface area contributed by atoms with Crippen molar-refractivity contribution in [2.45, 2.75) is 6.92 Å². The van der Waals surface area contributed by atoms with E-state index in [1.807, 2.05) is 6.07 Å². The summed E-state index contributed by atoms with van der Waals surface area (Å²) in [6.07, 6.45) is 4.12. The Morgan fingerprint density at radius 2 is 1.41 bits per heavy atom. The molecule has 0 spiro atoms. The van der Waals surface area contributed by atoms with Crippen LogP contribution in [0.15, 0.2) is 54.9 Å². The summed E-state index contributed by atoms with van der Waals surface area (Å²) in [4.78, 5) is 27.5. The van der Waals surface area contributed by atoms with Crippen LogP contribution < -0.4 is 9.51 Å². The fourth-order valence-electron chi connectivity index (χ4n) is 2.17. The van der Waals surface area contributed by atoms with Crippen molar-refractivity contribution < 1.29 is 24.3 Å². The lowest BCUT2D eigenvalue weighted by atomic mass is 10.2. The van der Waals surface area contributed by atoms with Crippen LogP contribution in [0.1, 0.15) is 5.56 Å². The lowest BCUT2D eigenvalue weighted by Gasteiger charge is -2.06. The molecule has 0 N–H and O–H groups in total. The number of aryl methyl sites for hydroxylation is 1. The van der Waals surface area contributed by atoms with Gasteiger partial charge in [-0.15, -0.1) is 0 Å². The summed E-state index contributed by atoms with van der Waals surface area (Å²) in [5.74, 6) is -1.46. The largest absolute Gasteiger partial charge is 0.863 e. The van der Waals surface area contributed by atoms with Crippen LogP contribution in [0.25, 0.3) is 5.52 Å². The molecule has 138 valence electrons. The number of hydrogen-bond donors (Lipinski definition) is 0. The normalized spacial score (nSPS) is 9.96. The Balaban J connectivity index is 0.000000206. The average molecular weight is 372 g/mol. The summed E-state index contributed by atoms with van der Waals surface area (Å²) in [7, 11) is 0. The molecule has 0 aliphatic heterocycles. The molecule has 0 amide bonds. The fourth-order valence-corrected chi connectivity index (χ4v) is 2.17. The van der Waals surface area contributed by atoms with Gasteiger partial charge in [-0.2, -0.15) is 4.40 Å². The predicted molar refractivity (Wildman–Crippen MR) is 90.2 cm³/mol. The van der Waals surface area contributed by atoms with E-state index in [1.165, 1.54) is 11.1 Å². The predicted octanol–water partition coefficient (Wildman–Crippen LogP) is 2.22. The molecular weight excluding hydrogens is 360 g/mol. The number of fused-ring (bicyclic) bond motifs is 1. The average Bonchev–Trinajstić information content (AvgIpc) is 2.61. The minimum Gasteiger partial charge on any atom is -0.863 e. The molecule has 0 saturated carbocycles. The summed E-state index contributed by atoms with van der Waals surface area (Å²) >= 11 is 0. The molecule has 2 aromatic heterocycles. The summed E-state index contributed by atoms with van der Waals surface area (Å²) in [5.41, 5.74) is -0.719. The van der Waals surface area contributed by atoms with E-state index >= 15 is 0 Å². The zero-order valence-electron chi connectivity index (χ0n) is 13.8. The summed E-state index contributed by atoms with van der Waals surface area (Å²) in [6, 6.07) is 11.2. The van der Waals surface area contributed by atoms with Gasteiger partial charge in [-0.3, -0.25) is 30.3 Å². The SMILES string of the molecule is Cc1cc[n+]2ccccc2c1.O=[N+]([O-])c1cc([N+](=O)[O-])c([O-])c([N+](=O)[O-])c1. The molecular formula is C16H12N4O7. The molecule has 0 fully saturated rings. The number of nitrogens with zero attached hydrogens (tertiary/aromatic N) is 4. The molecule has 0 unspecified atom stereocenters. The van der Waals surface area contributed by atoms with Crippen LogP contribution >= 0.6 is 0 Å². The van der Waals surface area contributed by atoms with Gasteiger partial charge in [0.25, 0.3) is 17.1 Å². The van der Waals surface area contributed by atoms with Gasteiger partial charge in [-0.25, -0.2) is 0 Å². The van der Waals surface area contributed by atoms with E-state index in [0.717, 1.165) is 0 Å².